The van der Waals surface area contributed by atoms with Crippen LogP contribution >= 0.6 is 0 Å². The van der Waals surface area contributed by atoms with Crippen molar-refractivity contribution in [2.75, 3.05) is 13.7 Å². The van der Waals surface area contributed by atoms with Gasteiger partial charge in [-0.2, -0.15) is 4.98 Å². The number of ether oxygens (including phenoxy) is 2. The van der Waals surface area contributed by atoms with E-state index in [1.54, 1.807) is 7.11 Å². The minimum atomic E-state index is 0.562. The van der Waals surface area contributed by atoms with E-state index < -0.39 is 0 Å². The first-order valence-electron chi connectivity index (χ1n) is 6.86. The van der Waals surface area contributed by atoms with Crippen LogP contribution in [0, 0.1) is 0 Å². The molecule has 0 aliphatic heterocycles. The predicted molar refractivity (Wildman–Crippen MR) is 82.7 cm³/mol. The van der Waals surface area contributed by atoms with Crippen LogP contribution in [0.15, 0.2) is 48.5 Å². The maximum atomic E-state index is 5.66. The molecule has 0 atom stereocenters. The van der Waals surface area contributed by atoms with E-state index in [1.807, 2.05) is 55.5 Å². The maximum absolute atomic E-state index is 5.66. The van der Waals surface area contributed by atoms with E-state index in [-0.39, 0.29) is 0 Å². The summed E-state index contributed by atoms with van der Waals surface area (Å²) < 4.78 is 10.9. The Morgan fingerprint density at radius 3 is 2.52 bits per heavy atom. The number of aromatic nitrogens is 2. The van der Waals surface area contributed by atoms with E-state index in [2.05, 4.69) is 9.97 Å². The lowest BCUT2D eigenvalue weighted by atomic mass is 10.2. The average molecular weight is 280 g/mol. The van der Waals surface area contributed by atoms with Gasteiger partial charge in [-0.1, -0.05) is 30.3 Å². The van der Waals surface area contributed by atoms with Crippen molar-refractivity contribution in [3.05, 3.63) is 48.5 Å². The molecule has 0 amide bonds. The Balaban J connectivity index is 2.22. The van der Waals surface area contributed by atoms with Crippen LogP contribution in [0.25, 0.3) is 22.3 Å². The van der Waals surface area contributed by atoms with Gasteiger partial charge in [-0.15, -0.1) is 0 Å². The molecule has 4 nitrogen and oxygen atoms in total. The molecule has 106 valence electrons. The van der Waals surface area contributed by atoms with E-state index in [4.69, 9.17) is 9.47 Å². The lowest BCUT2D eigenvalue weighted by Crippen LogP contribution is -1.99. The Morgan fingerprint density at radius 1 is 1.00 bits per heavy atom. The van der Waals surface area contributed by atoms with Gasteiger partial charge < -0.3 is 9.47 Å². The highest BCUT2D eigenvalue weighted by molar-refractivity contribution is 5.86. The van der Waals surface area contributed by atoms with Crippen LogP contribution in [-0.4, -0.2) is 23.7 Å². The van der Waals surface area contributed by atoms with Crippen LogP contribution in [0.2, 0.25) is 0 Å². The number of nitrogens with zero attached hydrogens (tertiary/aromatic N) is 2. The van der Waals surface area contributed by atoms with Gasteiger partial charge in [-0.25, -0.2) is 4.98 Å². The summed E-state index contributed by atoms with van der Waals surface area (Å²) in [6.07, 6.45) is 0. The highest BCUT2D eigenvalue weighted by Gasteiger charge is 2.11. The zero-order valence-electron chi connectivity index (χ0n) is 12.0. The number of hydrogen-bond acceptors (Lipinski definition) is 4. The number of rotatable bonds is 4. The fourth-order valence-corrected chi connectivity index (χ4v) is 2.17. The number of hydrogen-bond donors (Lipinski definition) is 0. The van der Waals surface area contributed by atoms with Crippen LogP contribution in [-0.2, 0) is 0 Å². The largest absolute Gasteiger partial charge is 0.497 e. The van der Waals surface area contributed by atoms with Crippen LogP contribution in [0.5, 0.6) is 11.6 Å². The fourth-order valence-electron chi connectivity index (χ4n) is 2.17. The van der Waals surface area contributed by atoms with Crippen molar-refractivity contribution in [3.8, 4) is 23.0 Å². The molecular formula is C17H16N2O2. The molecule has 3 aromatic rings. The van der Waals surface area contributed by atoms with Crippen LogP contribution < -0.4 is 9.47 Å². The summed E-state index contributed by atoms with van der Waals surface area (Å²) in [5.74, 6) is 2.02. The Labute approximate surface area is 123 Å². The van der Waals surface area contributed by atoms with Crippen molar-refractivity contribution in [1.82, 2.24) is 9.97 Å². The molecule has 0 bridgehead atoms. The Kier molecular flexibility index (Phi) is 3.69. The molecule has 0 aliphatic rings. The van der Waals surface area contributed by atoms with E-state index in [0.29, 0.717) is 18.3 Å². The molecule has 3 rings (SSSR count). The van der Waals surface area contributed by atoms with Crippen molar-refractivity contribution >= 4 is 10.9 Å². The van der Waals surface area contributed by atoms with Crippen molar-refractivity contribution in [2.24, 2.45) is 0 Å². The molecule has 0 N–H and O–H groups in total. The second kappa shape index (κ2) is 5.79. The van der Waals surface area contributed by atoms with Gasteiger partial charge in [0, 0.05) is 11.6 Å². The van der Waals surface area contributed by atoms with E-state index in [0.717, 1.165) is 22.2 Å². The third-order valence-electron chi connectivity index (χ3n) is 3.18. The first-order valence-corrected chi connectivity index (χ1v) is 6.86. The number of fused-ring (bicyclic) bond motifs is 1. The topological polar surface area (TPSA) is 44.2 Å². The smallest absolute Gasteiger partial charge is 0.225 e. The summed E-state index contributed by atoms with van der Waals surface area (Å²) >= 11 is 0. The molecule has 0 fully saturated rings. The lowest BCUT2D eigenvalue weighted by Gasteiger charge is -2.10. The average Bonchev–Trinajstić information content (AvgIpc) is 2.55. The van der Waals surface area contributed by atoms with Crippen LogP contribution in [0.4, 0.5) is 0 Å². The summed E-state index contributed by atoms with van der Waals surface area (Å²) in [5, 5.41) is 0.886. The minimum Gasteiger partial charge on any atom is -0.497 e. The first-order chi connectivity index (χ1) is 10.3. The molecule has 1 heterocycles. The van der Waals surface area contributed by atoms with Gasteiger partial charge in [0.1, 0.15) is 5.75 Å². The zero-order chi connectivity index (χ0) is 14.7. The van der Waals surface area contributed by atoms with E-state index >= 15 is 0 Å². The van der Waals surface area contributed by atoms with Crippen molar-refractivity contribution < 1.29 is 9.47 Å². The molecule has 0 saturated heterocycles. The van der Waals surface area contributed by atoms with Crippen molar-refractivity contribution in [3.63, 3.8) is 0 Å². The molecule has 1 aromatic heterocycles. The lowest BCUT2D eigenvalue weighted by molar-refractivity contribution is 0.331. The summed E-state index contributed by atoms with van der Waals surface area (Å²) in [5.41, 5.74) is 1.77. The minimum absolute atomic E-state index is 0.562. The predicted octanol–water partition coefficient (Wildman–Crippen LogP) is 3.70. The SMILES string of the molecule is CCOc1nc(-c2ccccc2)nc2cc(OC)ccc12. The van der Waals surface area contributed by atoms with Gasteiger partial charge in [0.15, 0.2) is 5.82 Å². The van der Waals surface area contributed by atoms with Crippen molar-refractivity contribution in [2.45, 2.75) is 6.92 Å². The standard InChI is InChI=1S/C17H16N2O2/c1-3-21-17-14-10-9-13(20-2)11-15(14)18-16(19-17)12-7-5-4-6-8-12/h4-11H,3H2,1-2H3. The van der Waals surface area contributed by atoms with Gasteiger partial charge in [0.2, 0.25) is 5.88 Å². The molecule has 0 spiro atoms. The summed E-state index contributed by atoms with van der Waals surface area (Å²) in [7, 11) is 1.64. The Morgan fingerprint density at radius 2 is 1.81 bits per heavy atom. The van der Waals surface area contributed by atoms with E-state index in [9.17, 15) is 0 Å². The van der Waals surface area contributed by atoms with Crippen LogP contribution in [0.3, 0.4) is 0 Å². The maximum Gasteiger partial charge on any atom is 0.225 e. The van der Waals surface area contributed by atoms with Gasteiger partial charge in [0.05, 0.1) is 24.6 Å². The summed E-state index contributed by atoms with van der Waals surface area (Å²) in [6.45, 7) is 2.51. The molecule has 2 aromatic carbocycles. The van der Waals surface area contributed by atoms with Crippen molar-refractivity contribution in [1.29, 1.82) is 0 Å². The number of benzene rings is 2. The molecule has 0 saturated carbocycles. The molecule has 0 radical (unpaired) electrons. The second-order valence-electron chi connectivity index (χ2n) is 4.53. The summed E-state index contributed by atoms with van der Waals surface area (Å²) in [6, 6.07) is 15.6. The van der Waals surface area contributed by atoms with Gasteiger partial charge in [0.25, 0.3) is 0 Å². The van der Waals surface area contributed by atoms with Gasteiger partial charge in [-0.3, -0.25) is 0 Å². The fraction of sp³-hybridized carbons (Fsp3) is 0.176. The first kappa shape index (κ1) is 13.4. The molecular weight excluding hydrogens is 264 g/mol. The third kappa shape index (κ3) is 2.65. The molecule has 21 heavy (non-hydrogen) atoms. The zero-order valence-corrected chi connectivity index (χ0v) is 12.0. The molecule has 0 aliphatic carbocycles. The summed E-state index contributed by atoms with van der Waals surface area (Å²) in [4.78, 5) is 9.17. The third-order valence-corrected chi connectivity index (χ3v) is 3.18. The van der Waals surface area contributed by atoms with E-state index in [1.165, 1.54) is 0 Å². The number of methoxy groups -OCH3 is 1. The Bertz CT molecular complexity index is 757. The molecule has 0 unspecified atom stereocenters. The highest BCUT2D eigenvalue weighted by Crippen LogP contribution is 2.29. The highest BCUT2D eigenvalue weighted by atomic mass is 16.5. The van der Waals surface area contributed by atoms with Crippen LogP contribution in [0.1, 0.15) is 6.92 Å². The normalized spacial score (nSPS) is 10.6. The quantitative estimate of drug-likeness (QED) is 0.731. The monoisotopic (exact) mass is 280 g/mol. The second-order valence-corrected chi connectivity index (χ2v) is 4.53. The van der Waals surface area contributed by atoms with Gasteiger partial charge >= 0.3 is 0 Å². The molecule has 4 heteroatoms. The Hall–Kier alpha value is -2.62. The van der Waals surface area contributed by atoms with Gasteiger partial charge in [-0.05, 0) is 19.1 Å².